The lowest BCUT2D eigenvalue weighted by Gasteiger charge is -2.04. The number of methoxy groups -OCH3 is 1. The van der Waals surface area contributed by atoms with Gasteiger partial charge in [0.15, 0.2) is 0 Å². The number of carbonyl (C=O) groups excluding carboxylic acids is 1. The summed E-state index contributed by atoms with van der Waals surface area (Å²) in [5, 5.41) is 12.7. The van der Waals surface area contributed by atoms with E-state index in [4.69, 9.17) is 9.84 Å². The SMILES string of the molecule is COc1ccc(-c2ncc(C(=O)Nc3cccc(CO)c3)s2)cc1. The number of nitrogens with zero attached hydrogens (tertiary/aromatic N) is 1. The second-order valence-corrected chi connectivity index (χ2v) is 6.10. The number of nitrogens with one attached hydrogen (secondary N) is 1. The molecule has 24 heavy (non-hydrogen) atoms. The molecule has 3 aromatic rings. The molecule has 2 N–H and O–H groups in total. The fourth-order valence-corrected chi connectivity index (χ4v) is 3.00. The number of amides is 1. The van der Waals surface area contributed by atoms with Gasteiger partial charge < -0.3 is 15.2 Å². The van der Waals surface area contributed by atoms with Crippen LogP contribution in [0.15, 0.2) is 54.7 Å². The second kappa shape index (κ2) is 7.25. The smallest absolute Gasteiger partial charge is 0.267 e. The summed E-state index contributed by atoms with van der Waals surface area (Å²) in [5.41, 5.74) is 2.32. The van der Waals surface area contributed by atoms with Crippen LogP contribution in [0.1, 0.15) is 15.2 Å². The summed E-state index contributed by atoms with van der Waals surface area (Å²) in [7, 11) is 1.62. The fourth-order valence-electron chi connectivity index (χ4n) is 2.19. The normalized spacial score (nSPS) is 10.4. The van der Waals surface area contributed by atoms with Gasteiger partial charge in [-0.3, -0.25) is 4.79 Å². The van der Waals surface area contributed by atoms with E-state index < -0.39 is 0 Å². The van der Waals surface area contributed by atoms with Gasteiger partial charge in [-0.15, -0.1) is 11.3 Å². The second-order valence-electron chi connectivity index (χ2n) is 5.07. The van der Waals surface area contributed by atoms with Crippen LogP contribution in [0.5, 0.6) is 5.75 Å². The van der Waals surface area contributed by atoms with Gasteiger partial charge in [-0.2, -0.15) is 0 Å². The van der Waals surface area contributed by atoms with Crippen LogP contribution in [0.25, 0.3) is 10.6 Å². The summed E-state index contributed by atoms with van der Waals surface area (Å²) >= 11 is 1.32. The van der Waals surface area contributed by atoms with E-state index in [0.717, 1.165) is 21.9 Å². The molecule has 0 atom stereocenters. The van der Waals surface area contributed by atoms with E-state index in [0.29, 0.717) is 10.6 Å². The molecule has 0 aliphatic heterocycles. The van der Waals surface area contributed by atoms with Gasteiger partial charge >= 0.3 is 0 Å². The van der Waals surface area contributed by atoms with E-state index >= 15 is 0 Å². The standard InChI is InChI=1S/C18H16N2O3S/c1-23-15-7-5-13(6-8-15)18-19-10-16(24-18)17(22)20-14-4-2-3-12(9-14)11-21/h2-10,21H,11H2,1H3,(H,20,22). The molecule has 5 nitrogen and oxygen atoms in total. The Balaban J connectivity index is 1.75. The number of aromatic nitrogens is 1. The highest BCUT2D eigenvalue weighted by Crippen LogP contribution is 2.27. The Bertz CT molecular complexity index is 843. The van der Waals surface area contributed by atoms with Crippen molar-refractivity contribution in [2.24, 2.45) is 0 Å². The van der Waals surface area contributed by atoms with Gasteiger partial charge in [-0.25, -0.2) is 4.98 Å². The first-order valence-electron chi connectivity index (χ1n) is 7.31. The average Bonchev–Trinajstić information content (AvgIpc) is 3.12. The predicted molar refractivity (Wildman–Crippen MR) is 94.4 cm³/mol. The topological polar surface area (TPSA) is 71.5 Å². The molecule has 0 spiro atoms. The highest BCUT2D eigenvalue weighted by atomic mass is 32.1. The number of hydrogen-bond donors (Lipinski definition) is 2. The number of thiazole rings is 1. The number of anilines is 1. The molecule has 0 fully saturated rings. The Morgan fingerprint density at radius 3 is 2.75 bits per heavy atom. The molecule has 1 heterocycles. The van der Waals surface area contributed by atoms with Crippen LogP contribution < -0.4 is 10.1 Å². The fraction of sp³-hybridized carbons (Fsp3) is 0.111. The van der Waals surface area contributed by atoms with E-state index in [1.807, 2.05) is 24.3 Å². The lowest BCUT2D eigenvalue weighted by molar-refractivity contribution is 0.103. The molecule has 122 valence electrons. The first kappa shape index (κ1) is 16.2. The zero-order valence-corrected chi connectivity index (χ0v) is 13.8. The van der Waals surface area contributed by atoms with Gasteiger partial charge in [0.25, 0.3) is 5.91 Å². The monoisotopic (exact) mass is 340 g/mol. The van der Waals surface area contributed by atoms with Crippen molar-refractivity contribution in [3.05, 3.63) is 65.2 Å². The Kier molecular flexibility index (Phi) is 4.88. The Labute approximate surface area is 143 Å². The number of hydrogen-bond acceptors (Lipinski definition) is 5. The highest BCUT2D eigenvalue weighted by Gasteiger charge is 2.12. The van der Waals surface area contributed by atoms with Crippen LogP contribution in [0.3, 0.4) is 0 Å². The molecule has 0 radical (unpaired) electrons. The van der Waals surface area contributed by atoms with E-state index in [-0.39, 0.29) is 12.5 Å². The minimum atomic E-state index is -0.220. The van der Waals surface area contributed by atoms with Crippen LogP contribution in [-0.2, 0) is 6.61 Å². The Morgan fingerprint density at radius 2 is 2.04 bits per heavy atom. The quantitative estimate of drug-likeness (QED) is 0.745. The molecule has 1 amide bonds. The van der Waals surface area contributed by atoms with E-state index in [9.17, 15) is 4.79 Å². The molecule has 0 bridgehead atoms. The minimum absolute atomic E-state index is 0.0636. The molecule has 2 aromatic carbocycles. The number of aliphatic hydroxyl groups excluding tert-OH is 1. The lowest BCUT2D eigenvalue weighted by Crippen LogP contribution is -2.10. The van der Waals surface area contributed by atoms with Crippen molar-refractivity contribution in [2.45, 2.75) is 6.61 Å². The minimum Gasteiger partial charge on any atom is -0.497 e. The number of aliphatic hydroxyl groups is 1. The lowest BCUT2D eigenvalue weighted by atomic mass is 10.2. The van der Waals surface area contributed by atoms with Gasteiger partial charge in [-0.05, 0) is 42.0 Å². The van der Waals surface area contributed by atoms with Gasteiger partial charge in [0.1, 0.15) is 15.6 Å². The van der Waals surface area contributed by atoms with Gasteiger partial charge in [-0.1, -0.05) is 12.1 Å². The molecule has 1 aromatic heterocycles. The average molecular weight is 340 g/mol. The maximum atomic E-state index is 12.3. The summed E-state index contributed by atoms with van der Waals surface area (Å²) in [4.78, 5) is 17.2. The van der Waals surface area contributed by atoms with Crippen molar-refractivity contribution in [2.75, 3.05) is 12.4 Å². The summed E-state index contributed by atoms with van der Waals surface area (Å²) in [6.07, 6.45) is 1.56. The van der Waals surface area contributed by atoms with Crippen molar-refractivity contribution >= 4 is 22.9 Å². The van der Waals surface area contributed by atoms with E-state index in [1.54, 1.807) is 37.6 Å². The molecule has 3 rings (SSSR count). The third-order valence-electron chi connectivity index (χ3n) is 3.43. The maximum absolute atomic E-state index is 12.3. The summed E-state index contributed by atoms with van der Waals surface area (Å²) in [6, 6.07) is 14.6. The predicted octanol–water partition coefficient (Wildman–Crippen LogP) is 3.56. The number of rotatable bonds is 5. The molecule has 0 saturated heterocycles. The molecular weight excluding hydrogens is 324 g/mol. The third-order valence-corrected chi connectivity index (χ3v) is 4.48. The molecule has 0 aliphatic carbocycles. The summed E-state index contributed by atoms with van der Waals surface area (Å²) in [5.74, 6) is 0.555. The van der Waals surface area contributed by atoms with Crippen LogP contribution in [-0.4, -0.2) is 23.1 Å². The first-order valence-corrected chi connectivity index (χ1v) is 8.12. The number of carbonyl (C=O) groups is 1. The van der Waals surface area contributed by atoms with Crippen LogP contribution in [0, 0.1) is 0 Å². The first-order chi connectivity index (χ1) is 11.7. The molecule has 6 heteroatoms. The van der Waals surface area contributed by atoms with Crippen LogP contribution in [0.4, 0.5) is 5.69 Å². The third kappa shape index (κ3) is 3.61. The number of ether oxygens (including phenoxy) is 1. The van der Waals surface area contributed by atoms with Crippen LogP contribution in [0.2, 0.25) is 0 Å². The highest BCUT2D eigenvalue weighted by molar-refractivity contribution is 7.17. The zero-order valence-electron chi connectivity index (χ0n) is 13.0. The largest absolute Gasteiger partial charge is 0.497 e. The van der Waals surface area contributed by atoms with Gasteiger partial charge in [0.2, 0.25) is 0 Å². The zero-order chi connectivity index (χ0) is 16.9. The van der Waals surface area contributed by atoms with Crippen molar-refractivity contribution in [1.29, 1.82) is 0 Å². The van der Waals surface area contributed by atoms with Crippen molar-refractivity contribution in [3.63, 3.8) is 0 Å². The van der Waals surface area contributed by atoms with Gasteiger partial charge in [0, 0.05) is 11.3 Å². The van der Waals surface area contributed by atoms with Crippen LogP contribution >= 0.6 is 11.3 Å². The van der Waals surface area contributed by atoms with E-state index in [2.05, 4.69) is 10.3 Å². The summed E-state index contributed by atoms with van der Waals surface area (Å²) in [6.45, 7) is -0.0636. The summed E-state index contributed by atoms with van der Waals surface area (Å²) < 4.78 is 5.13. The molecule has 0 saturated carbocycles. The molecule has 0 aliphatic rings. The maximum Gasteiger partial charge on any atom is 0.267 e. The van der Waals surface area contributed by atoms with Crippen molar-refractivity contribution < 1.29 is 14.6 Å². The van der Waals surface area contributed by atoms with Crippen molar-refractivity contribution in [1.82, 2.24) is 4.98 Å². The molecule has 0 unspecified atom stereocenters. The Hall–Kier alpha value is -2.70. The van der Waals surface area contributed by atoms with Gasteiger partial charge in [0.05, 0.1) is 19.9 Å². The Morgan fingerprint density at radius 1 is 1.25 bits per heavy atom. The number of benzene rings is 2. The molecular formula is C18H16N2O3S. The van der Waals surface area contributed by atoms with Crippen molar-refractivity contribution in [3.8, 4) is 16.3 Å². The van der Waals surface area contributed by atoms with E-state index in [1.165, 1.54) is 11.3 Å².